The van der Waals surface area contributed by atoms with E-state index in [2.05, 4.69) is 24.6 Å². The lowest BCUT2D eigenvalue weighted by Crippen LogP contribution is -2.31. The molecule has 1 aromatic carbocycles. The smallest absolute Gasteiger partial charge is 0.358 e. The molecule has 24 heavy (non-hydrogen) atoms. The molecule has 4 rings (SSSR count). The highest BCUT2D eigenvalue weighted by molar-refractivity contribution is 7.93. The van der Waals surface area contributed by atoms with Gasteiger partial charge in [-0.3, -0.25) is 4.52 Å². The van der Waals surface area contributed by atoms with E-state index in [0.717, 1.165) is 11.1 Å². The van der Waals surface area contributed by atoms with Gasteiger partial charge in [0.25, 0.3) is 5.69 Å². The van der Waals surface area contributed by atoms with Crippen LogP contribution in [0.1, 0.15) is 17.2 Å². The number of benzene rings is 1. The molecule has 1 aliphatic rings. The summed E-state index contributed by atoms with van der Waals surface area (Å²) in [5.41, 5.74) is 1.50. The predicted molar refractivity (Wildman–Crippen MR) is 77.5 cm³/mol. The molecule has 0 saturated carbocycles. The van der Waals surface area contributed by atoms with Gasteiger partial charge in [0.1, 0.15) is 0 Å². The maximum absolute atomic E-state index is 12.0. The van der Waals surface area contributed by atoms with Crippen molar-refractivity contribution in [2.24, 2.45) is 0 Å². The minimum Gasteiger partial charge on any atom is -0.358 e. The van der Waals surface area contributed by atoms with Crippen LogP contribution in [0.3, 0.4) is 0 Å². The molecule has 0 saturated heterocycles. The van der Waals surface area contributed by atoms with E-state index in [0.29, 0.717) is 23.4 Å². The molecule has 11 nitrogen and oxygen atoms in total. The zero-order valence-electron chi connectivity index (χ0n) is 11.6. The van der Waals surface area contributed by atoms with Crippen LogP contribution >= 0.6 is 12.0 Å². The highest BCUT2D eigenvalue weighted by Gasteiger charge is 2.36. The third-order valence-corrected chi connectivity index (χ3v) is 4.26. The van der Waals surface area contributed by atoms with Crippen molar-refractivity contribution < 1.29 is 18.6 Å². The summed E-state index contributed by atoms with van der Waals surface area (Å²) in [4.78, 5) is 22.8. The van der Waals surface area contributed by atoms with Crippen LogP contribution < -0.4 is 5.76 Å². The Balaban J connectivity index is 1.83. The molecule has 0 spiro atoms. The maximum Gasteiger partial charge on any atom is 0.446 e. The molecular formula is C12H7N5O6S. The van der Waals surface area contributed by atoms with Gasteiger partial charge in [-0.05, 0) is 39.8 Å². The Morgan fingerprint density at radius 1 is 1.38 bits per heavy atom. The van der Waals surface area contributed by atoms with Crippen molar-refractivity contribution in [1.82, 2.24) is 20.0 Å². The van der Waals surface area contributed by atoms with Gasteiger partial charge < -0.3 is 14.7 Å². The standard InChI is InChI=1S/C12H7N5O6S/c18-12-16(8-3-5-1-2-6(24-21)4-7(5)8)10(14-22-12)9-11(17(19)20)15-23-13-9/h1-2,4,8,21H,3H2. The molecule has 12 heteroatoms. The van der Waals surface area contributed by atoms with Gasteiger partial charge in [0.2, 0.25) is 5.82 Å². The van der Waals surface area contributed by atoms with E-state index in [1.807, 2.05) is 6.07 Å². The van der Waals surface area contributed by atoms with Gasteiger partial charge >= 0.3 is 11.6 Å². The quantitative estimate of drug-likeness (QED) is 0.417. The molecule has 1 N–H and O–H groups in total. The fourth-order valence-corrected chi connectivity index (χ4v) is 2.99. The van der Waals surface area contributed by atoms with Crippen LogP contribution in [0.5, 0.6) is 0 Å². The van der Waals surface area contributed by atoms with E-state index in [4.69, 9.17) is 4.55 Å². The number of aromatic nitrogens is 4. The molecule has 0 bridgehead atoms. The molecule has 1 atom stereocenters. The summed E-state index contributed by atoms with van der Waals surface area (Å²) in [5.74, 6) is -1.57. The summed E-state index contributed by atoms with van der Waals surface area (Å²) in [6, 6.07) is 4.89. The number of nitro groups is 1. The van der Waals surface area contributed by atoms with Gasteiger partial charge in [-0.25, -0.2) is 9.36 Å². The minimum absolute atomic E-state index is 0.134. The number of hydrogen-bond acceptors (Lipinski definition) is 10. The van der Waals surface area contributed by atoms with Gasteiger partial charge in [-0.15, -0.1) is 4.63 Å². The minimum atomic E-state index is -0.787. The average molecular weight is 349 g/mol. The summed E-state index contributed by atoms with van der Waals surface area (Å²) in [6.45, 7) is 0. The van der Waals surface area contributed by atoms with Crippen molar-refractivity contribution in [2.45, 2.75) is 17.4 Å². The van der Waals surface area contributed by atoms with Crippen molar-refractivity contribution in [3.05, 3.63) is 50.0 Å². The molecule has 2 aromatic heterocycles. The molecule has 2 heterocycles. The van der Waals surface area contributed by atoms with Crippen LogP contribution in [0.2, 0.25) is 0 Å². The number of rotatable bonds is 4. The maximum atomic E-state index is 12.0. The second kappa shape index (κ2) is 5.28. The molecule has 3 aromatic rings. The third kappa shape index (κ3) is 2.04. The van der Waals surface area contributed by atoms with Gasteiger partial charge in [0.05, 0.1) is 6.04 Å². The highest BCUT2D eigenvalue weighted by Crippen LogP contribution is 2.39. The Morgan fingerprint density at radius 3 is 2.96 bits per heavy atom. The lowest BCUT2D eigenvalue weighted by Gasteiger charge is -2.30. The van der Waals surface area contributed by atoms with Crippen molar-refractivity contribution in [3.63, 3.8) is 0 Å². The van der Waals surface area contributed by atoms with E-state index in [1.165, 1.54) is 4.57 Å². The van der Waals surface area contributed by atoms with Crippen LogP contribution in [-0.2, 0) is 6.42 Å². The summed E-state index contributed by atoms with van der Waals surface area (Å²) >= 11 is 0.584. The first kappa shape index (κ1) is 14.6. The van der Waals surface area contributed by atoms with Gasteiger partial charge in [-0.2, -0.15) is 0 Å². The molecule has 0 amide bonds. The Labute approximate surface area is 136 Å². The number of hydrogen-bond donors (Lipinski definition) is 1. The molecule has 1 aliphatic carbocycles. The summed E-state index contributed by atoms with van der Waals surface area (Å²) in [6.07, 6.45) is 0.513. The van der Waals surface area contributed by atoms with Crippen LogP contribution in [0.15, 0.2) is 37.0 Å². The normalized spacial score (nSPS) is 15.8. The second-order valence-electron chi connectivity index (χ2n) is 5.01. The fraction of sp³-hybridized carbons (Fsp3) is 0.167. The largest absolute Gasteiger partial charge is 0.446 e. The summed E-state index contributed by atoms with van der Waals surface area (Å²) in [7, 11) is 0. The Bertz CT molecular complexity index is 1010. The number of nitrogens with zero attached hydrogens (tertiary/aromatic N) is 5. The van der Waals surface area contributed by atoms with E-state index in [-0.39, 0.29) is 11.5 Å². The summed E-state index contributed by atoms with van der Waals surface area (Å²) in [5, 5.41) is 21.2. The average Bonchev–Trinajstić information content (AvgIpc) is 3.16. The Hall–Kier alpha value is -2.99. The van der Waals surface area contributed by atoms with Gasteiger partial charge in [-0.1, -0.05) is 11.2 Å². The van der Waals surface area contributed by atoms with Gasteiger partial charge in [0, 0.05) is 16.9 Å². The molecule has 0 fully saturated rings. The first-order chi connectivity index (χ1) is 11.6. The second-order valence-corrected chi connectivity index (χ2v) is 5.66. The van der Waals surface area contributed by atoms with Crippen LogP contribution in [0, 0.1) is 10.1 Å². The lowest BCUT2D eigenvalue weighted by molar-refractivity contribution is -0.390. The van der Waals surface area contributed by atoms with E-state index < -0.39 is 22.5 Å². The summed E-state index contributed by atoms with van der Waals surface area (Å²) < 4.78 is 19.4. The topological polar surface area (TPSA) is 150 Å². The van der Waals surface area contributed by atoms with Crippen molar-refractivity contribution in [1.29, 1.82) is 0 Å². The monoisotopic (exact) mass is 349 g/mol. The van der Waals surface area contributed by atoms with Crippen LogP contribution in [0.4, 0.5) is 5.82 Å². The predicted octanol–water partition coefficient (Wildman–Crippen LogP) is 1.51. The van der Waals surface area contributed by atoms with Crippen LogP contribution in [-0.4, -0.2) is 29.5 Å². The van der Waals surface area contributed by atoms with Crippen molar-refractivity contribution in [2.75, 3.05) is 0 Å². The highest BCUT2D eigenvalue weighted by atomic mass is 32.2. The fourth-order valence-electron chi connectivity index (χ4n) is 2.68. The Kier molecular flexibility index (Phi) is 3.21. The Morgan fingerprint density at radius 2 is 2.21 bits per heavy atom. The first-order valence-electron chi connectivity index (χ1n) is 6.60. The zero-order chi connectivity index (χ0) is 16.8. The molecule has 1 unspecified atom stereocenters. The van der Waals surface area contributed by atoms with Crippen molar-refractivity contribution >= 4 is 17.9 Å². The zero-order valence-corrected chi connectivity index (χ0v) is 12.5. The third-order valence-electron chi connectivity index (χ3n) is 3.80. The number of fused-ring (bicyclic) bond motifs is 1. The molecule has 122 valence electrons. The van der Waals surface area contributed by atoms with Gasteiger partial charge in [0.15, 0.2) is 5.16 Å². The molecule has 0 aliphatic heterocycles. The van der Waals surface area contributed by atoms with E-state index in [9.17, 15) is 14.9 Å². The SMILES string of the molecule is O=c1onc(-c2nonc2[N+](=O)[O-])n1C1Cc2ccc(SO)cc21. The first-order valence-corrected chi connectivity index (χ1v) is 7.37. The van der Waals surface area contributed by atoms with Crippen LogP contribution in [0.25, 0.3) is 11.5 Å². The lowest BCUT2D eigenvalue weighted by atomic mass is 9.83. The van der Waals surface area contributed by atoms with E-state index >= 15 is 0 Å². The molecular weight excluding hydrogens is 342 g/mol. The van der Waals surface area contributed by atoms with E-state index in [1.54, 1.807) is 12.1 Å². The molecule has 0 radical (unpaired) electrons. The van der Waals surface area contributed by atoms with Crippen molar-refractivity contribution in [3.8, 4) is 11.5 Å².